The van der Waals surface area contributed by atoms with Gasteiger partial charge in [0.25, 0.3) is 0 Å². The van der Waals surface area contributed by atoms with Crippen molar-refractivity contribution in [3.8, 4) is 0 Å². The Balaban J connectivity index is 1.94. The molecule has 1 heterocycles. The highest BCUT2D eigenvalue weighted by molar-refractivity contribution is 6.48. The number of hydrogen-bond acceptors (Lipinski definition) is 4. The smallest absolute Gasteiger partial charge is 0.366 e. The van der Waals surface area contributed by atoms with Crippen LogP contribution in [0.25, 0.3) is 0 Å². The molecule has 0 fully saturated rings. The van der Waals surface area contributed by atoms with Gasteiger partial charge in [0.15, 0.2) is 10.8 Å². The number of hydrogen-bond donors (Lipinski definition) is 2. The molecule has 0 bridgehead atoms. The minimum Gasteiger partial charge on any atom is -0.366 e. The molecule has 156 valence electrons. The second-order valence-corrected chi connectivity index (χ2v) is 7.69. The van der Waals surface area contributed by atoms with E-state index in [9.17, 15) is 22.8 Å². The van der Waals surface area contributed by atoms with Crippen LogP contribution in [0.2, 0.25) is 0 Å². The summed E-state index contributed by atoms with van der Waals surface area (Å²) in [5, 5.41) is 2.56. The predicted molar refractivity (Wildman–Crippen MR) is 102 cm³/mol. The lowest BCUT2D eigenvalue weighted by atomic mass is 9.96. The Morgan fingerprint density at radius 2 is 2.11 bits per heavy atom. The van der Waals surface area contributed by atoms with Crippen LogP contribution in [-0.4, -0.2) is 53.4 Å². The van der Waals surface area contributed by atoms with Gasteiger partial charge in [0, 0.05) is 18.7 Å². The fraction of sp³-hybridized carbons (Fsp3) is 0.556. The van der Waals surface area contributed by atoms with E-state index in [1.807, 2.05) is 0 Å². The summed E-state index contributed by atoms with van der Waals surface area (Å²) in [5.41, 5.74) is 6.20. The van der Waals surface area contributed by atoms with Gasteiger partial charge in [-0.3, -0.25) is 14.5 Å². The number of nitrogens with one attached hydrogen (secondary N) is 1. The predicted octanol–water partition coefficient (Wildman–Crippen LogP) is 2.99. The number of allylic oxidation sites excluding steroid dienone is 2. The van der Waals surface area contributed by atoms with Gasteiger partial charge in [-0.15, -0.1) is 0 Å². The van der Waals surface area contributed by atoms with Gasteiger partial charge in [0.05, 0.1) is 5.03 Å². The number of halogens is 5. The number of amides is 1. The second kappa shape index (κ2) is 8.98. The summed E-state index contributed by atoms with van der Waals surface area (Å²) in [6.45, 7) is 1.98. The van der Waals surface area contributed by atoms with Crippen molar-refractivity contribution < 1.29 is 22.8 Å². The molecular weight excluding hydrogens is 418 g/mol. The van der Waals surface area contributed by atoms with Gasteiger partial charge in [0.1, 0.15) is 6.04 Å². The monoisotopic (exact) mass is 439 g/mol. The third-order valence-corrected chi connectivity index (χ3v) is 5.89. The van der Waals surface area contributed by atoms with Crippen molar-refractivity contribution in [2.45, 2.75) is 43.4 Å². The lowest BCUT2D eigenvalue weighted by Gasteiger charge is -2.36. The first-order chi connectivity index (χ1) is 13.0. The summed E-state index contributed by atoms with van der Waals surface area (Å²) in [5.74, 6) is -1.04. The quantitative estimate of drug-likeness (QED) is 0.346. The second-order valence-electron chi connectivity index (χ2n) is 6.73. The Bertz CT molecular complexity index is 734. The van der Waals surface area contributed by atoms with Crippen molar-refractivity contribution in [3.05, 3.63) is 34.4 Å². The fourth-order valence-electron chi connectivity index (χ4n) is 3.16. The molecule has 1 aliphatic carbocycles. The average molecular weight is 440 g/mol. The molecule has 0 saturated heterocycles. The van der Waals surface area contributed by atoms with Crippen LogP contribution in [0.15, 0.2) is 34.4 Å². The Kier molecular flexibility index (Phi) is 7.36. The fourth-order valence-corrected chi connectivity index (χ4v) is 3.75. The van der Waals surface area contributed by atoms with Crippen LogP contribution < -0.4 is 11.1 Å². The van der Waals surface area contributed by atoms with Gasteiger partial charge in [-0.05, 0) is 43.5 Å². The van der Waals surface area contributed by atoms with E-state index in [0.29, 0.717) is 24.0 Å². The molecule has 2 rings (SSSR count). The van der Waals surface area contributed by atoms with Crippen molar-refractivity contribution in [1.29, 1.82) is 0 Å². The Morgan fingerprint density at radius 1 is 1.43 bits per heavy atom. The minimum atomic E-state index is -4.29. The molecule has 0 radical (unpaired) electrons. The highest BCUT2D eigenvalue weighted by Gasteiger charge is 2.47. The summed E-state index contributed by atoms with van der Waals surface area (Å²) >= 11 is 12.8. The van der Waals surface area contributed by atoms with Crippen LogP contribution >= 0.6 is 23.2 Å². The number of carbonyl (C=O) groups is 2. The number of primary amides is 1. The first kappa shape index (κ1) is 22.9. The molecule has 5 nitrogen and oxygen atoms in total. The molecule has 0 spiro atoms. The topological polar surface area (TPSA) is 75.4 Å². The van der Waals surface area contributed by atoms with E-state index >= 15 is 0 Å². The zero-order valence-corrected chi connectivity index (χ0v) is 16.8. The van der Waals surface area contributed by atoms with E-state index in [4.69, 9.17) is 28.9 Å². The average Bonchev–Trinajstić information content (AvgIpc) is 3.09. The van der Waals surface area contributed by atoms with Gasteiger partial charge in [-0.1, -0.05) is 36.2 Å². The standard InChI is InChI=1S/C18H22Cl2F3N3O2/c1-2-14(18(21,22)23)25-6-3-4-11-8-13(19)17(20,15(27)9-11)26-7-5-12(10-26)16(24)28/h5,8-9,14,25H,2-4,6-7,10H2,1H3,(H2,24,28). The molecule has 1 aliphatic heterocycles. The van der Waals surface area contributed by atoms with Gasteiger partial charge < -0.3 is 11.1 Å². The summed E-state index contributed by atoms with van der Waals surface area (Å²) in [6, 6.07) is -1.55. The zero-order valence-electron chi connectivity index (χ0n) is 15.3. The van der Waals surface area contributed by atoms with Crippen LogP contribution in [-0.2, 0) is 9.59 Å². The van der Waals surface area contributed by atoms with Crippen molar-refractivity contribution in [1.82, 2.24) is 10.2 Å². The number of nitrogens with zero attached hydrogens (tertiary/aromatic N) is 1. The number of ketones is 1. The molecule has 0 saturated carbocycles. The molecule has 0 aromatic heterocycles. The maximum Gasteiger partial charge on any atom is 0.403 e. The molecule has 3 N–H and O–H groups in total. The molecule has 10 heteroatoms. The molecule has 2 aliphatic rings. The van der Waals surface area contributed by atoms with E-state index < -0.39 is 28.9 Å². The maximum absolute atomic E-state index is 12.7. The Morgan fingerprint density at radius 3 is 2.61 bits per heavy atom. The first-order valence-corrected chi connectivity index (χ1v) is 9.61. The van der Waals surface area contributed by atoms with E-state index in [-0.39, 0.29) is 31.1 Å². The first-order valence-electron chi connectivity index (χ1n) is 8.85. The lowest BCUT2D eigenvalue weighted by molar-refractivity contribution is -0.156. The van der Waals surface area contributed by atoms with Crippen LogP contribution in [0.4, 0.5) is 13.2 Å². The molecule has 28 heavy (non-hydrogen) atoms. The third kappa shape index (κ3) is 4.97. The van der Waals surface area contributed by atoms with Crippen LogP contribution in [0, 0.1) is 0 Å². The van der Waals surface area contributed by atoms with Gasteiger partial charge in [-0.2, -0.15) is 13.2 Å². The van der Waals surface area contributed by atoms with Crippen molar-refractivity contribution in [2.24, 2.45) is 5.73 Å². The molecule has 0 aromatic rings. The number of nitrogens with two attached hydrogens (primary N) is 1. The van der Waals surface area contributed by atoms with Crippen molar-refractivity contribution >= 4 is 34.9 Å². The summed E-state index contributed by atoms with van der Waals surface area (Å²) in [6.07, 6.45) is 0.937. The molecule has 0 aromatic carbocycles. The third-order valence-electron chi connectivity index (χ3n) is 4.78. The minimum absolute atomic E-state index is 0.0532. The Labute approximate surface area is 171 Å². The van der Waals surface area contributed by atoms with E-state index in [0.717, 1.165) is 0 Å². The van der Waals surface area contributed by atoms with Gasteiger partial charge in [0.2, 0.25) is 5.91 Å². The van der Waals surface area contributed by atoms with Gasteiger partial charge >= 0.3 is 6.18 Å². The molecular formula is C18H22Cl2F3N3O2. The maximum atomic E-state index is 12.7. The Hall–Kier alpha value is -1.35. The molecule has 1 amide bonds. The summed E-state index contributed by atoms with van der Waals surface area (Å²) in [4.78, 5) is 23.9. The van der Waals surface area contributed by atoms with Crippen molar-refractivity contribution in [3.63, 3.8) is 0 Å². The number of alkyl halides is 4. The zero-order chi connectivity index (χ0) is 21.1. The van der Waals surface area contributed by atoms with E-state index in [1.165, 1.54) is 13.0 Å². The summed E-state index contributed by atoms with van der Waals surface area (Å²) < 4.78 is 38.2. The SMILES string of the molecule is CCC(NCCCC1=CC(=O)C(Cl)(N2CC=C(C(N)=O)C2)C(Cl)=C1)C(F)(F)F. The van der Waals surface area contributed by atoms with E-state index in [1.54, 1.807) is 17.1 Å². The van der Waals surface area contributed by atoms with E-state index in [2.05, 4.69) is 5.32 Å². The number of carbonyl (C=O) groups excluding carboxylic acids is 2. The number of rotatable bonds is 8. The molecule has 2 atom stereocenters. The molecule has 2 unspecified atom stereocenters. The van der Waals surface area contributed by atoms with Crippen LogP contribution in [0.3, 0.4) is 0 Å². The van der Waals surface area contributed by atoms with Crippen LogP contribution in [0.5, 0.6) is 0 Å². The lowest BCUT2D eigenvalue weighted by Crippen LogP contribution is -2.50. The van der Waals surface area contributed by atoms with Crippen molar-refractivity contribution in [2.75, 3.05) is 19.6 Å². The highest BCUT2D eigenvalue weighted by atomic mass is 35.5. The summed E-state index contributed by atoms with van der Waals surface area (Å²) in [7, 11) is 0. The van der Waals surface area contributed by atoms with Crippen LogP contribution in [0.1, 0.15) is 26.2 Å². The highest BCUT2D eigenvalue weighted by Crippen LogP contribution is 2.40. The normalized spacial score (nSPS) is 24.6. The largest absolute Gasteiger partial charge is 0.403 e. The van der Waals surface area contributed by atoms with Gasteiger partial charge in [-0.25, -0.2) is 0 Å².